The highest BCUT2D eigenvalue weighted by atomic mass is 32.2. The number of rotatable bonds is 6. The maximum atomic E-state index is 11.7. The van der Waals surface area contributed by atoms with Gasteiger partial charge in [0.15, 0.2) is 0 Å². The Balaban J connectivity index is 2.69. The molecule has 1 saturated carbocycles. The Bertz CT molecular complexity index is 311. The molecular formula is C7H14N2O3S2. The summed E-state index contributed by atoms with van der Waals surface area (Å²) >= 11 is 4.56. The number of aliphatic hydroxyl groups is 1. The van der Waals surface area contributed by atoms with E-state index in [4.69, 9.17) is 10.8 Å². The van der Waals surface area contributed by atoms with Gasteiger partial charge in [-0.15, -0.1) is 0 Å². The van der Waals surface area contributed by atoms with Gasteiger partial charge >= 0.3 is 0 Å². The Hall–Kier alpha value is -0.240. The topological polar surface area (TPSA) is 83.6 Å². The highest BCUT2D eigenvalue weighted by Gasteiger charge is 2.36. The number of hydrogen-bond donors (Lipinski definition) is 2. The fourth-order valence-electron chi connectivity index (χ4n) is 1.27. The van der Waals surface area contributed by atoms with Crippen molar-refractivity contribution in [1.29, 1.82) is 0 Å². The van der Waals surface area contributed by atoms with E-state index in [-0.39, 0.29) is 29.9 Å². The molecule has 82 valence electrons. The van der Waals surface area contributed by atoms with Crippen LogP contribution in [0.5, 0.6) is 0 Å². The summed E-state index contributed by atoms with van der Waals surface area (Å²) in [5, 5.41) is 8.74. The number of sulfonamides is 1. The number of thiocarbonyl (C=S) groups is 1. The van der Waals surface area contributed by atoms with Gasteiger partial charge in [-0.2, -0.15) is 4.31 Å². The van der Waals surface area contributed by atoms with Gasteiger partial charge in [0.25, 0.3) is 0 Å². The predicted molar refractivity (Wildman–Crippen MR) is 57.4 cm³/mol. The first kappa shape index (κ1) is 11.8. The van der Waals surface area contributed by atoms with Crippen molar-refractivity contribution in [3.63, 3.8) is 0 Å². The van der Waals surface area contributed by atoms with Crippen molar-refractivity contribution >= 4 is 27.2 Å². The fourth-order valence-corrected chi connectivity index (χ4v) is 3.27. The molecule has 5 nitrogen and oxygen atoms in total. The summed E-state index contributed by atoms with van der Waals surface area (Å²) < 4.78 is 24.6. The van der Waals surface area contributed by atoms with Crippen molar-refractivity contribution in [3.05, 3.63) is 0 Å². The minimum Gasteiger partial charge on any atom is -0.395 e. The minimum atomic E-state index is -3.41. The van der Waals surface area contributed by atoms with Crippen molar-refractivity contribution < 1.29 is 13.5 Å². The van der Waals surface area contributed by atoms with Crippen LogP contribution in [0.1, 0.15) is 12.8 Å². The quantitative estimate of drug-likeness (QED) is 0.583. The van der Waals surface area contributed by atoms with Gasteiger partial charge in [-0.25, -0.2) is 8.42 Å². The van der Waals surface area contributed by atoms with Crippen LogP contribution in [0.15, 0.2) is 0 Å². The fraction of sp³-hybridized carbons (Fsp3) is 0.857. The van der Waals surface area contributed by atoms with Crippen LogP contribution in [0.2, 0.25) is 0 Å². The molecule has 0 radical (unpaired) electrons. The smallest absolute Gasteiger partial charge is 0.220 e. The SMILES string of the molecule is NC(=S)CS(=O)(=O)N(CCO)C1CC1. The van der Waals surface area contributed by atoms with Gasteiger partial charge in [0.05, 0.1) is 11.6 Å². The van der Waals surface area contributed by atoms with Crippen LogP contribution in [0.25, 0.3) is 0 Å². The molecule has 7 heteroatoms. The van der Waals surface area contributed by atoms with E-state index in [1.165, 1.54) is 4.31 Å². The van der Waals surface area contributed by atoms with Crippen LogP contribution >= 0.6 is 12.2 Å². The van der Waals surface area contributed by atoms with Crippen LogP contribution in [-0.4, -0.2) is 47.8 Å². The van der Waals surface area contributed by atoms with Gasteiger partial charge in [0, 0.05) is 12.6 Å². The van der Waals surface area contributed by atoms with Gasteiger partial charge < -0.3 is 10.8 Å². The molecule has 0 bridgehead atoms. The third-order valence-electron chi connectivity index (χ3n) is 1.96. The molecule has 0 aromatic heterocycles. The summed E-state index contributed by atoms with van der Waals surface area (Å²) in [4.78, 5) is -0.0337. The van der Waals surface area contributed by atoms with Gasteiger partial charge in [0.2, 0.25) is 10.0 Å². The monoisotopic (exact) mass is 238 g/mol. The third-order valence-corrected chi connectivity index (χ3v) is 4.15. The summed E-state index contributed by atoms with van der Waals surface area (Å²) in [5.74, 6) is -0.307. The van der Waals surface area contributed by atoms with Crippen LogP contribution in [-0.2, 0) is 10.0 Å². The summed E-state index contributed by atoms with van der Waals surface area (Å²) in [6.45, 7) is -0.0390. The molecule has 1 fully saturated rings. The molecular weight excluding hydrogens is 224 g/mol. The first-order valence-corrected chi connectivity index (χ1v) is 6.38. The Morgan fingerprint density at radius 3 is 2.50 bits per heavy atom. The second-order valence-corrected chi connectivity index (χ2v) is 5.73. The Morgan fingerprint density at radius 2 is 2.14 bits per heavy atom. The van der Waals surface area contributed by atoms with E-state index in [2.05, 4.69) is 12.2 Å². The lowest BCUT2D eigenvalue weighted by atomic mass is 10.6. The van der Waals surface area contributed by atoms with E-state index in [1.54, 1.807) is 0 Å². The zero-order chi connectivity index (χ0) is 10.8. The first-order valence-electron chi connectivity index (χ1n) is 4.36. The average molecular weight is 238 g/mol. The number of aliphatic hydroxyl groups excluding tert-OH is 1. The Kier molecular flexibility index (Phi) is 3.82. The van der Waals surface area contributed by atoms with Crippen LogP contribution in [0.3, 0.4) is 0 Å². The van der Waals surface area contributed by atoms with Crippen LogP contribution < -0.4 is 5.73 Å². The number of nitrogens with two attached hydrogens (primary N) is 1. The molecule has 0 aromatic carbocycles. The lowest BCUT2D eigenvalue weighted by Crippen LogP contribution is -2.40. The highest BCUT2D eigenvalue weighted by molar-refractivity contribution is 7.92. The highest BCUT2D eigenvalue weighted by Crippen LogP contribution is 2.28. The van der Waals surface area contributed by atoms with E-state index in [0.717, 1.165) is 12.8 Å². The normalized spacial score (nSPS) is 17.3. The Labute approximate surface area is 88.9 Å². The molecule has 1 aliphatic carbocycles. The van der Waals surface area contributed by atoms with Gasteiger partial charge in [-0.1, -0.05) is 12.2 Å². The standard InChI is InChI=1S/C7H14N2O3S2/c8-7(13)5-14(11,12)9(3-4-10)6-1-2-6/h6,10H,1-5H2,(H2,8,13). The number of nitrogens with zero attached hydrogens (tertiary/aromatic N) is 1. The van der Waals surface area contributed by atoms with Gasteiger partial charge in [0.1, 0.15) is 5.75 Å². The van der Waals surface area contributed by atoms with E-state index in [9.17, 15) is 8.42 Å². The van der Waals surface area contributed by atoms with Crippen molar-refractivity contribution in [2.45, 2.75) is 18.9 Å². The van der Waals surface area contributed by atoms with E-state index >= 15 is 0 Å². The molecule has 0 amide bonds. The summed E-state index contributed by atoms with van der Waals surface area (Å²) in [7, 11) is -3.41. The van der Waals surface area contributed by atoms with Crippen LogP contribution in [0.4, 0.5) is 0 Å². The lowest BCUT2D eigenvalue weighted by molar-refractivity contribution is 0.251. The largest absolute Gasteiger partial charge is 0.395 e. The summed E-state index contributed by atoms with van der Waals surface area (Å²) in [5.41, 5.74) is 5.20. The molecule has 0 aromatic rings. The minimum absolute atomic E-state index is 0.0337. The lowest BCUT2D eigenvalue weighted by Gasteiger charge is -2.20. The number of hydrogen-bond acceptors (Lipinski definition) is 4. The molecule has 0 saturated heterocycles. The van der Waals surface area contributed by atoms with Crippen LogP contribution in [0, 0.1) is 0 Å². The molecule has 0 aliphatic heterocycles. The molecule has 0 spiro atoms. The molecule has 0 unspecified atom stereocenters. The molecule has 1 aliphatic rings. The van der Waals surface area contributed by atoms with Crippen molar-refractivity contribution in [1.82, 2.24) is 4.31 Å². The van der Waals surface area contributed by atoms with E-state index in [0.29, 0.717) is 0 Å². The van der Waals surface area contributed by atoms with Gasteiger partial charge in [-0.05, 0) is 12.8 Å². The zero-order valence-electron chi connectivity index (χ0n) is 7.72. The summed E-state index contributed by atoms with van der Waals surface area (Å²) in [6.07, 6.45) is 1.72. The maximum Gasteiger partial charge on any atom is 0.220 e. The van der Waals surface area contributed by atoms with E-state index in [1.807, 2.05) is 0 Å². The molecule has 14 heavy (non-hydrogen) atoms. The molecule has 1 rings (SSSR count). The second-order valence-electron chi connectivity index (χ2n) is 3.29. The zero-order valence-corrected chi connectivity index (χ0v) is 9.35. The molecule has 0 atom stereocenters. The third kappa shape index (κ3) is 3.16. The van der Waals surface area contributed by atoms with Gasteiger partial charge in [-0.3, -0.25) is 0 Å². The Morgan fingerprint density at radius 1 is 1.57 bits per heavy atom. The molecule has 3 N–H and O–H groups in total. The predicted octanol–water partition coefficient (Wildman–Crippen LogP) is -0.941. The summed E-state index contributed by atoms with van der Waals surface area (Å²) in [6, 6.07) is 0.0431. The van der Waals surface area contributed by atoms with Crippen molar-refractivity contribution in [2.24, 2.45) is 5.73 Å². The second kappa shape index (κ2) is 4.52. The van der Waals surface area contributed by atoms with Crippen molar-refractivity contribution in [2.75, 3.05) is 18.9 Å². The molecule has 0 heterocycles. The first-order chi connectivity index (χ1) is 6.47. The average Bonchev–Trinajstić information content (AvgIpc) is 2.79. The maximum absolute atomic E-state index is 11.7. The van der Waals surface area contributed by atoms with E-state index < -0.39 is 10.0 Å². The van der Waals surface area contributed by atoms with Crippen molar-refractivity contribution in [3.8, 4) is 0 Å².